The van der Waals surface area contributed by atoms with Crippen LogP contribution in [0, 0.1) is 0 Å². The number of amides is 5. The zero-order chi connectivity index (χ0) is 39.0. The number of aromatic amines is 1. The minimum Gasteiger partial charge on any atom is -0.368 e. The predicted molar refractivity (Wildman–Crippen MR) is 213 cm³/mol. The average Bonchev–Trinajstić information content (AvgIpc) is 4.04. The minimum atomic E-state index is -0.987. The van der Waals surface area contributed by atoms with Gasteiger partial charge < -0.3 is 15.2 Å². The van der Waals surface area contributed by atoms with E-state index in [0.717, 1.165) is 85.1 Å². The van der Waals surface area contributed by atoms with Crippen molar-refractivity contribution in [1.82, 2.24) is 39.8 Å². The SMILES string of the molecule is O=C1CCC(N2C(=O)c3cccc(N4CCN(CCCn5cc(-c6ccc(C(=O)Nc7ccc8[nH]c(CN9CCCC9)nc8c7)cc6)cn5)CC4)c3C2=O)C(=O)N1. The molecule has 6 heterocycles. The molecule has 1 unspecified atom stereocenters. The molecule has 4 aliphatic rings. The summed E-state index contributed by atoms with van der Waals surface area (Å²) >= 11 is 0. The van der Waals surface area contributed by atoms with E-state index in [1.165, 1.54) is 12.8 Å². The standard InChI is InChI=1S/C42H44N10O5/c53-37-14-13-35(40(55)47-37)52-41(56)31-5-3-6-34(38(31)42(52)57)50-21-19-48(20-22-50)17-4-18-51-25-29(24-43-51)27-7-9-28(10-8-27)39(54)44-30-11-12-32-33(23-30)46-36(45-32)26-49-15-1-2-16-49/h3,5-12,23-25,35H,1-2,4,13-22,26H2,(H,44,54)(H,45,46)(H,47,53,55). The Bertz CT molecular complexity index is 2370. The fraction of sp³-hybridized carbons (Fsp3) is 0.357. The van der Waals surface area contributed by atoms with Crippen molar-refractivity contribution in [3.05, 3.63) is 95.6 Å². The highest BCUT2D eigenvalue weighted by atomic mass is 16.2. The van der Waals surface area contributed by atoms with Crippen molar-refractivity contribution in [2.75, 3.05) is 56.0 Å². The second-order valence-electron chi connectivity index (χ2n) is 15.3. The number of imidazole rings is 1. The Kier molecular flexibility index (Phi) is 9.84. The van der Waals surface area contributed by atoms with Crippen LogP contribution in [0.3, 0.4) is 0 Å². The van der Waals surface area contributed by atoms with Crippen LogP contribution in [0.25, 0.3) is 22.2 Å². The first kappa shape index (κ1) is 36.4. The number of piperidine rings is 1. The van der Waals surface area contributed by atoms with E-state index in [4.69, 9.17) is 4.98 Å². The molecule has 9 rings (SSSR count). The zero-order valence-electron chi connectivity index (χ0n) is 31.6. The number of piperazine rings is 1. The zero-order valence-corrected chi connectivity index (χ0v) is 31.6. The van der Waals surface area contributed by atoms with E-state index >= 15 is 0 Å². The molecule has 2 aromatic heterocycles. The number of H-pyrrole nitrogens is 1. The number of carbonyl (C=O) groups excluding carboxylic acids is 5. The highest BCUT2D eigenvalue weighted by Gasteiger charge is 2.46. The van der Waals surface area contributed by atoms with Gasteiger partial charge in [-0.3, -0.25) is 48.7 Å². The Balaban J connectivity index is 0.747. The molecule has 3 fully saturated rings. The highest BCUT2D eigenvalue weighted by Crippen LogP contribution is 2.35. The lowest BCUT2D eigenvalue weighted by atomic mass is 10.0. The van der Waals surface area contributed by atoms with E-state index in [-0.39, 0.29) is 18.7 Å². The molecule has 57 heavy (non-hydrogen) atoms. The van der Waals surface area contributed by atoms with Gasteiger partial charge >= 0.3 is 0 Å². The van der Waals surface area contributed by atoms with Crippen molar-refractivity contribution >= 4 is 51.9 Å². The Labute approximate surface area is 329 Å². The number of anilines is 2. The van der Waals surface area contributed by atoms with Crippen molar-refractivity contribution in [3.8, 4) is 11.1 Å². The van der Waals surface area contributed by atoms with Gasteiger partial charge in [0, 0.05) is 68.7 Å². The summed E-state index contributed by atoms with van der Waals surface area (Å²) < 4.78 is 1.94. The van der Waals surface area contributed by atoms with Gasteiger partial charge in [0.2, 0.25) is 11.8 Å². The summed E-state index contributed by atoms with van der Waals surface area (Å²) in [5.41, 5.74) is 6.34. The van der Waals surface area contributed by atoms with Gasteiger partial charge in [-0.25, -0.2) is 4.98 Å². The first-order chi connectivity index (χ1) is 27.8. The van der Waals surface area contributed by atoms with Crippen LogP contribution < -0.4 is 15.5 Å². The lowest BCUT2D eigenvalue weighted by Crippen LogP contribution is -2.54. The van der Waals surface area contributed by atoms with Crippen LogP contribution in [-0.2, 0) is 22.7 Å². The first-order valence-corrected chi connectivity index (χ1v) is 19.7. The van der Waals surface area contributed by atoms with Gasteiger partial charge in [-0.05, 0) is 86.8 Å². The largest absolute Gasteiger partial charge is 0.368 e. The van der Waals surface area contributed by atoms with Crippen LogP contribution >= 0.6 is 0 Å². The molecule has 15 nitrogen and oxygen atoms in total. The molecular weight excluding hydrogens is 725 g/mol. The number of benzene rings is 3. The second-order valence-corrected chi connectivity index (χ2v) is 15.3. The summed E-state index contributed by atoms with van der Waals surface area (Å²) in [5, 5.41) is 9.85. The number of hydrogen-bond acceptors (Lipinski definition) is 10. The van der Waals surface area contributed by atoms with E-state index in [9.17, 15) is 24.0 Å². The molecule has 4 aliphatic heterocycles. The third-order valence-electron chi connectivity index (χ3n) is 11.5. The van der Waals surface area contributed by atoms with Crippen LogP contribution in [-0.4, -0.2) is 116 Å². The predicted octanol–water partition coefficient (Wildman–Crippen LogP) is 3.89. The average molecular weight is 769 g/mol. The Hall–Kier alpha value is -6.19. The molecule has 0 radical (unpaired) electrons. The molecule has 1 atom stereocenters. The summed E-state index contributed by atoms with van der Waals surface area (Å²) in [6.07, 6.45) is 7.45. The molecule has 292 valence electrons. The van der Waals surface area contributed by atoms with E-state index in [1.807, 2.05) is 65.6 Å². The van der Waals surface area contributed by atoms with Crippen molar-refractivity contribution in [1.29, 1.82) is 0 Å². The maximum Gasteiger partial charge on any atom is 0.264 e. The molecule has 3 N–H and O–H groups in total. The Morgan fingerprint density at radius 1 is 0.842 bits per heavy atom. The van der Waals surface area contributed by atoms with E-state index < -0.39 is 29.7 Å². The van der Waals surface area contributed by atoms with Crippen molar-refractivity contribution in [2.24, 2.45) is 0 Å². The van der Waals surface area contributed by atoms with Crippen LogP contribution in [0.1, 0.15) is 69.0 Å². The molecular formula is C42H44N10O5. The number of nitrogens with one attached hydrogen (secondary N) is 3. The fourth-order valence-electron chi connectivity index (χ4n) is 8.45. The number of nitrogens with zero attached hydrogens (tertiary/aromatic N) is 7. The number of aromatic nitrogens is 4. The molecule has 5 aromatic rings. The first-order valence-electron chi connectivity index (χ1n) is 19.7. The van der Waals surface area contributed by atoms with Crippen LogP contribution in [0.2, 0.25) is 0 Å². The summed E-state index contributed by atoms with van der Waals surface area (Å²) in [7, 11) is 0. The van der Waals surface area contributed by atoms with Gasteiger partial charge in [-0.1, -0.05) is 18.2 Å². The molecule has 0 saturated carbocycles. The van der Waals surface area contributed by atoms with E-state index in [1.54, 1.807) is 12.1 Å². The number of likely N-dealkylation sites (tertiary alicyclic amines) is 1. The molecule has 0 aliphatic carbocycles. The maximum absolute atomic E-state index is 13.6. The topological polar surface area (TPSA) is 169 Å². The number of aryl methyl sites for hydroxylation is 1. The molecule has 3 aromatic carbocycles. The number of imide groups is 2. The Morgan fingerprint density at radius 3 is 2.44 bits per heavy atom. The fourth-order valence-corrected chi connectivity index (χ4v) is 8.45. The van der Waals surface area contributed by atoms with E-state index in [2.05, 4.69) is 35.4 Å². The summed E-state index contributed by atoms with van der Waals surface area (Å²) in [6.45, 7) is 7.63. The van der Waals surface area contributed by atoms with E-state index in [0.29, 0.717) is 41.2 Å². The number of rotatable bonds is 11. The van der Waals surface area contributed by atoms with Crippen LogP contribution in [0.4, 0.5) is 11.4 Å². The normalized spacial score (nSPS) is 19.1. The number of fused-ring (bicyclic) bond motifs is 2. The van der Waals surface area contributed by atoms with Crippen LogP contribution in [0.5, 0.6) is 0 Å². The summed E-state index contributed by atoms with van der Waals surface area (Å²) in [6, 6.07) is 17.6. The Morgan fingerprint density at radius 2 is 1.65 bits per heavy atom. The van der Waals surface area contributed by atoms with Gasteiger partial charge in [0.1, 0.15) is 11.9 Å². The third kappa shape index (κ3) is 7.43. The van der Waals surface area contributed by atoms with Gasteiger partial charge in [0.15, 0.2) is 0 Å². The van der Waals surface area contributed by atoms with Gasteiger partial charge in [-0.15, -0.1) is 0 Å². The number of carbonyl (C=O) groups is 5. The molecule has 0 bridgehead atoms. The maximum atomic E-state index is 13.6. The van der Waals surface area contributed by atoms with Crippen molar-refractivity contribution in [2.45, 2.75) is 51.2 Å². The van der Waals surface area contributed by atoms with Gasteiger partial charge in [0.25, 0.3) is 17.7 Å². The smallest absolute Gasteiger partial charge is 0.264 e. The quantitative estimate of drug-likeness (QED) is 0.168. The monoisotopic (exact) mass is 768 g/mol. The lowest BCUT2D eigenvalue weighted by Gasteiger charge is -2.36. The number of hydrogen-bond donors (Lipinski definition) is 3. The van der Waals surface area contributed by atoms with Gasteiger partial charge in [-0.2, -0.15) is 5.10 Å². The summed E-state index contributed by atoms with van der Waals surface area (Å²) in [5.74, 6) is -1.22. The summed E-state index contributed by atoms with van der Waals surface area (Å²) in [4.78, 5) is 80.3. The van der Waals surface area contributed by atoms with Crippen LogP contribution in [0.15, 0.2) is 73.1 Å². The second kappa shape index (κ2) is 15.4. The lowest BCUT2D eigenvalue weighted by molar-refractivity contribution is -0.136. The molecule has 0 spiro atoms. The van der Waals surface area contributed by atoms with Crippen molar-refractivity contribution in [3.63, 3.8) is 0 Å². The highest BCUT2D eigenvalue weighted by molar-refractivity contribution is 6.25. The molecule has 3 saturated heterocycles. The van der Waals surface area contributed by atoms with Crippen molar-refractivity contribution < 1.29 is 24.0 Å². The minimum absolute atomic E-state index is 0.0853. The van der Waals surface area contributed by atoms with Gasteiger partial charge in [0.05, 0.1) is 40.6 Å². The molecule has 5 amide bonds. The molecule has 15 heteroatoms. The third-order valence-corrected chi connectivity index (χ3v) is 11.5.